The van der Waals surface area contributed by atoms with E-state index in [0.29, 0.717) is 11.4 Å². The Morgan fingerprint density at radius 3 is 2.80 bits per heavy atom. The van der Waals surface area contributed by atoms with Crippen LogP contribution in [0.2, 0.25) is 0 Å². The van der Waals surface area contributed by atoms with Crippen LogP contribution in [0.25, 0.3) is 0 Å². The highest BCUT2D eigenvalue weighted by molar-refractivity contribution is 5.98. The van der Waals surface area contributed by atoms with E-state index in [1.807, 2.05) is 0 Å². The van der Waals surface area contributed by atoms with Gasteiger partial charge in [-0.2, -0.15) is 0 Å². The quantitative estimate of drug-likeness (QED) is 0.781. The largest absolute Gasteiger partial charge is 0.482 e. The zero-order valence-electron chi connectivity index (χ0n) is 13.2. The van der Waals surface area contributed by atoms with Crippen molar-refractivity contribution in [3.05, 3.63) is 59.7 Å². The average molecular weight is 347 g/mol. The maximum absolute atomic E-state index is 13.5. The van der Waals surface area contributed by atoms with Gasteiger partial charge in [0.25, 0.3) is 5.91 Å². The van der Waals surface area contributed by atoms with Gasteiger partial charge in [0.2, 0.25) is 0 Å². The highest BCUT2D eigenvalue weighted by Gasteiger charge is 2.25. The van der Waals surface area contributed by atoms with Crippen molar-refractivity contribution in [2.24, 2.45) is 0 Å². The van der Waals surface area contributed by atoms with E-state index < -0.39 is 17.6 Å². The smallest absolute Gasteiger partial charge is 0.307 e. The number of ether oxygens (including phenoxy) is 2. The van der Waals surface area contributed by atoms with Crippen LogP contribution < -0.4 is 9.64 Å². The number of nitrogens with zero attached hydrogens (tertiary/aromatic N) is 1. The van der Waals surface area contributed by atoms with Crippen molar-refractivity contribution >= 4 is 17.6 Å². The first-order valence-corrected chi connectivity index (χ1v) is 7.67. The molecule has 7 heteroatoms. The SMILES string of the molecule is O=C(CCN1C(=O)COc2ccccc21)OCc1cccc(F)c1F. The van der Waals surface area contributed by atoms with Gasteiger partial charge in [-0.3, -0.25) is 9.59 Å². The van der Waals surface area contributed by atoms with Gasteiger partial charge in [0.1, 0.15) is 12.4 Å². The number of anilines is 1. The van der Waals surface area contributed by atoms with Crippen LogP contribution in [0.5, 0.6) is 5.75 Å². The van der Waals surface area contributed by atoms with Crippen LogP contribution in [-0.2, 0) is 20.9 Å². The summed E-state index contributed by atoms with van der Waals surface area (Å²) < 4.78 is 36.9. The van der Waals surface area contributed by atoms with Crippen LogP contribution in [0.1, 0.15) is 12.0 Å². The molecule has 0 saturated heterocycles. The molecular formula is C18H15F2NO4. The highest BCUT2D eigenvalue weighted by atomic mass is 19.2. The Labute approximate surface area is 142 Å². The Bertz CT molecular complexity index is 809. The Hall–Kier alpha value is -2.96. The summed E-state index contributed by atoms with van der Waals surface area (Å²) in [4.78, 5) is 25.3. The summed E-state index contributed by atoms with van der Waals surface area (Å²) in [6.45, 7) is -0.347. The van der Waals surface area contributed by atoms with Gasteiger partial charge in [-0.25, -0.2) is 8.78 Å². The van der Waals surface area contributed by atoms with Gasteiger partial charge in [0, 0.05) is 12.1 Å². The molecule has 0 N–H and O–H groups in total. The summed E-state index contributed by atoms with van der Waals surface area (Å²) in [6, 6.07) is 10.7. The van der Waals surface area contributed by atoms with E-state index in [0.717, 1.165) is 6.07 Å². The number of fused-ring (bicyclic) bond motifs is 1. The number of hydrogen-bond acceptors (Lipinski definition) is 4. The topological polar surface area (TPSA) is 55.8 Å². The van der Waals surface area contributed by atoms with Crippen LogP contribution in [0.4, 0.5) is 14.5 Å². The molecule has 0 bridgehead atoms. The number of halogens is 2. The van der Waals surface area contributed by atoms with Crippen LogP contribution in [0.3, 0.4) is 0 Å². The lowest BCUT2D eigenvalue weighted by molar-refractivity contribution is -0.144. The number of rotatable bonds is 5. The first-order valence-electron chi connectivity index (χ1n) is 7.67. The van der Waals surface area contributed by atoms with Crippen molar-refractivity contribution in [3.63, 3.8) is 0 Å². The van der Waals surface area contributed by atoms with E-state index in [2.05, 4.69) is 0 Å². The molecule has 0 aromatic heterocycles. The zero-order chi connectivity index (χ0) is 17.8. The standard InChI is InChI=1S/C18H15F2NO4/c19-13-5-3-4-12(18(13)20)10-25-17(23)8-9-21-14-6-1-2-7-15(14)24-11-16(21)22/h1-7H,8-11H2. The third-order valence-electron chi connectivity index (χ3n) is 3.77. The summed E-state index contributed by atoms with van der Waals surface area (Å²) in [6.07, 6.45) is -0.0724. The fraction of sp³-hybridized carbons (Fsp3) is 0.222. The van der Waals surface area contributed by atoms with Gasteiger partial charge in [0.05, 0.1) is 12.1 Å². The van der Waals surface area contributed by atoms with Crippen LogP contribution in [0.15, 0.2) is 42.5 Å². The van der Waals surface area contributed by atoms with Gasteiger partial charge in [-0.15, -0.1) is 0 Å². The predicted molar refractivity (Wildman–Crippen MR) is 85.1 cm³/mol. The van der Waals surface area contributed by atoms with Gasteiger partial charge in [-0.05, 0) is 18.2 Å². The summed E-state index contributed by atoms with van der Waals surface area (Å²) in [7, 11) is 0. The van der Waals surface area contributed by atoms with Crippen LogP contribution in [-0.4, -0.2) is 25.0 Å². The molecule has 0 spiro atoms. The van der Waals surface area contributed by atoms with E-state index in [1.54, 1.807) is 24.3 Å². The predicted octanol–water partition coefficient (Wildman–Crippen LogP) is 2.82. The number of hydrogen-bond donors (Lipinski definition) is 0. The Morgan fingerprint density at radius 2 is 1.96 bits per heavy atom. The van der Waals surface area contributed by atoms with E-state index in [4.69, 9.17) is 9.47 Å². The number of para-hydroxylation sites is 2. The molecule has 5 nitrogen and oxygen atoms in total. The monoisotopic (exact) mass is 347 g/mol. The molecule has 0 saturated carbocycles. The average Bonchev–Trinajstić information content (AvgIpc) is 2.62. The summed E-state index contributed by atoms with van der Waals surface area (Å²) in [5.74, 6) is -2.34. The van der Waals surface area contributed by atoms with E-state index in [-0.39, 0.29) is 37.6 Å². The summed E-state index contributed by atoms with van der Waals surface area (Å²) >= 11 is 0. The maximum Gasteiger partial charge on any atom is 0.307 e. The minimum atomic E-state index is -1.03. The minimum absolute atomic E-state index is 0.0406. The lowest BCUT2D eigenvalue weighted by Gasteiger charge is -2.28. The molecule has 25 heavy (non-hydrogen) atoms. The first kappa shape index (κ1) is 16.9. The second-order valence-corrected chi connectivity index (χ2v) is 5.43. The molecule has 1 aliphatic rings. The van der Waals surface area contributed by atoms with Gasteiger partial charge in [-0.1, -0.05) is 24.3 Å². The van der Waals surface area contributed by atoms with Crippen LogP contribution >= 0.6 is 0 Å². The molecule has 1 heterocycles. The lowest BCUT2D eigenvalue weighted by atomic mass is 10.2. The number of benzene rings is 2. The Kier molecular flexibility index (Phi) is 4.92. The van der Waals surface area contributed by atoms with E-state index in [9.17, 15) is 18.4 Å². The molecule has 3 rings (SSSR count). The lowest BCUT2D eigenvalue weighted by Crippen LogP contribution is -2.40. The fourth-order valence-corrected chi connectivity index (χ4v) is 2.49. The third-order valence-corrected chi connectivity index (χ3v) is 3.77. The molecule has 0 fully saturated rings. The first-order chi connectivity index (χ1) is 12.1. The molecule has 1 aliphatic heterocycles. The van der Waals surface area contributed by atoms with Crippen molar-refractivity contribution < 1.29 is 27.8 Å². The molecule has 0 atom stereocenters. The number of esters is 1. The van der Waals surface area contributed by atoms with Gasteiger partial charge in [0.15, 0.2) is 18.2 Å². The molecule has 1 amide bonds. The molecule has 130 valence electrons. The van der Waals surface area contributed by atoms with Gasteiger partial charge < -0.3 is 14.4 Å². The molecular weight excluding hydrogens is 332 g/mol. The second kappa shape index (κ2) is 7.29. The molecule has 0 radical (unpaired) electrons. The Balaban J connectivity index is 1.57. The summed E-state index contributed by atoms with van der Waals surface area (Å²) in [5, 5.41) is 0. The second-order valence-electron chi connectivity index (χ2n) is 5.43. The molecule has 2 aromatic carbocycles. The highest BCUT2D eigenvalue weighted by Crippen LogP contribution is 2.31. The molecule has 0 aliphatic carbocycles. The van der Waals surface area contributed by atoms with Crippen molar-refractivity contribution in [2.45, 2.75) is 13.0 Å². The zero-order valence-corrected chi connectivity index (χ0v) is 13.2. The van der Waals surface area contributed by atoms with E-state index >= 15 is 0 Å². The molecule has 0 unspecified atom stereocenters. The fourth-order valence-electron chi connectivity index (χ4n) is 2.49. The molecule has 2 aromatic rings. The van der Waals surface area contributed by atoms with Crippen molar-refractivity contribution in [2.75, 3.05) is 18.1 Å². The van der Waals surface area contributed by atoms with Crippen molar-refractivity contribution in [1.29, 1.82) is 0 Å². The van der Waals surface area contributed by atoms with Crippen molar-refractivity contribution in [3.8, 4) is 5.75 Å². The minimum Gasteiger partial charge on any atom is -0.482 e. The number of amides is 1. The van der Waals surface area contributed by atoms with Crippen molar-refractivity contribution in [1.82, 2.24) is 0 Å². The normalized spacial score (nSPS) is 13.2. The van der Waals surface area contributed by atoms with Crippen LogP contribution in [0, 0.1) is 11.6 Å². The number of carbonyl (C=O) groups is 2. The Morgan fingerprint density at radius 1 is 1.16 bits per heavy atom. The van der Waals surface area contributed by atoms with Gasteiger partial charge >= 0.3 is 5.97 Å². The summed E-state index contributed by atoms with van der Waals surface area (Å²) in [5.41, 5.74) is 0.545. The number of carbonyl (C=O) groups excluding carboxylic acids is 2. The third kappa shape index (κ3) is 3.76. The maximum atomic E-state index is 13.5. The van der Waals surface area contributed by atoms with E-state index in [1.165, 1.54) is 17.0 Å².